The molecule has 176 valence electrons. The van der Waals surface area contributed by atoms with Crippen molar-refractivity contribution >= 4 is 11.8 Å². The van der Waals surface area contributed by atoms with E-state index < -0.39 is 6.10 Å². The number of carbonyl (C=O) groups is 2. The van der Waals surface area contributed by atoms with E-state index in [0.29, 0.717) is 11.6 Å². The van der Waals surface area contributed by atoms with E-state index in [0.717, 1.165) is 38.5 Å². The summed E-state index contributed by atoms with van der Waals surface area (Å²) < 4.78 is 0. The van der Waals surface area contributed by atoms with Crippen molar-refractivity contribution < 1.29 is 14.7 Å². The van der Waals surface area contributed by atoms with Crippen LogP contribution in [0.15, 0.2) is 18.7 Å². The largest absolute Gasteiger partial charge is 0.392 e. The second-order valence-electron chi connectivity index (χ2n) is 10.8. The van der Waals surface area contributed by atoms with Gasteiger partial charge in [-0.2, -0.15) is 0 Å². The molecule has 0 saturated heterocycles. The summed E-state index contributed by atoms with van der Waals surface area (Å²) in [5, 5.41) is 17.9. The molecule has 0 aliphatic heterocycles. The monoisotopic (exact) mass is 442 g/mol. The first kappa shape index (κ1) is 23.1. The van der Waals surface area contributed by atoms with Crippen LogP contribution in [0, 0.1) is 29.1 Å². The number of hydrogen-bond acceptors (Lipinski definition) is 5. The predicted octanol–water partition coefficient (Wildman–Crippen LogP) is 3.09. The topological polar surface area (TPSA) is 104 Å². The van der Waals surface area contributed by atoms with Gasteiger partial charge in [0.1, 0.15) is 6.33 Å². The number of nitrogens with one attached hydrogen (secondary N) is 2. The van der Waals surface area contributed by atoms with Crippen molar-refractivity contribution in [3.05, 3.63) is 24.3 Å². The van der Waals surface area contributed by atoms with Gasteiger partial charge in [0.25, 0.3) is 5.91 Å². The van der Waals surface area contributed by atoms with Gasteiger partial charge >= 0.3 is 0 Å². The third-order valence-electron chi connectivity index (χ3n) is 8.78. The van der Waals surface area contributed by atoms with Gasteiger partial charge in [-0.25, -0.2) is 9.97 Å². The summed E-state index contributed by atoms with van der Waals surface area (Å²) in [5.74, 6) is -0.175. The molecule has 7 atom stereocenters. The van der Waals surface area contributed by atoms with E-state index in [-0.39, 0.29) is 46.9 Å². The van der Waals surface area contributed by atoms with E-state index in [2.05, 4.69) is 34.4 Å². The van der Waals surface area contributed by atoms with E-state index in [1.807, 2.05) is 6.92 Å². The van der Waals surface area contributed by atoms with Gasteiger partial charge in [0, 0.05) is 30.4 Å². The zero-order chi connectivity index (χ0) is 22.9. The third kappa shape index (κ3) is 4.54. The lowest BCUT2D eigenvalue weighted by Gasteiger charge is -2.56. The van der Waals surface area contributed by atoms with Crippen LogP contribution in [0.5, 0.6) is 0 Å². The number of carbonyl (C=O) groups excluding carboxylic acids is 2. The van der Waals surface area contributed by atoms with Crippen LogP contribution in [0.3, 0.4) is 0 Å². The lowest BCUT2D eigenvalue weighted by atomic mass is 9.51. The van der Waals surface area contributed by atoms with Gasteiger partial charge in [-0.05, 0) is 61.7 Å². The van der Waals surface area contributed by atoms with Crippen LogP contribution in [0.2, 0.25) is 0 Å². The first-order valence-corrected chi connectivity index (χ1v) is 12.3. The van der Waals surface area contributed by atoms with Gasteiger partial charge in [-0.15, -0.1) is 0 Å². The van der Waals surface area contributed by atoms with Crippen molar-refractivity contribution in [2.75, 3.05) is 0 Å². The summed E-state index contributed by atoms with van der Waals surface area (Å²) in [6.07, 6.45) is 12.2. The number of fused-ring (bicyclic) bond motifs is 1. The predicted molar refractivity (Wildman–Crippen MR) is 122 cm³/mol. The maximum atomic E-state index is 12.9. The van der Waals surface area contributed by atoms with Gasteiger partial charge in [-0.3, -0.25) is 9.59 Å². The molecule has 1 aromatic heterocycles. The van der Waals surface area contributed by atoms with Crippen molar-refractivity contribution in [3.8, 4) is 0 Å². The molecule has 2 amide bonds. The highest BCUT2D eigenvalue weighted by Crippen LogP contribution is 2.55. The summed E-state index contributed by atoms with van der Waals surface area (Å²) in [6, 6.07) is 0.280. The van der Waals surface area contributed by atoms with Crippen LogP contribution in [-0.4, -0.2) is 45.1 Å². The van der Waals surface area contributed by atoms with E-state index in [1.54, 1.807) is 0 Å². The Morgan fingerprint density at radius 2 is 1.75 bits per heavy atom. The van der Waals surface area contributed by atoms with Crippen LogP contribution < -0.4 is 10.6 Å². The van der Waals surface area contributed by atoms with Gasteiger partial charge < -0.3 is 15.7 Å². The molecule has 4 rings (SSSR count). The van der Waals surface area contributed by atoms with E-state index in [4.69, 9.17) is 0 Å². The fourth-order valence-corrected chi connectivity index (χ4v) is 6.76. The quantitative estimate of drug-likeness (QED) is 0.650. The molecule has 3 N–H and O–H groups in total. The van der Waals surface area contributed by atoms with Gasteiger partial charge in [-0.1, -0.05) is 33.6 Å². The van der Waals surface area contributed by atoms with Crippen LogP contribution >= 0.6 is 0 Å². The first-order valence-electron chi connectivity index (χ1n) is 12.3. The molecule has 3 aliphatic rings. The molecule has 3 aliphatic carbocycles. The Kier molecular flexibility index (Phi) is 6.84. The fourth-order valence-electron chi connectivity index (χ4n) is 6.76. The van der Waals surface area contributed by atoms with Crippen LogP contribution in [-0.2, 0) is 4.79 Å². The Labute approximate surface area is 191 Å². The van der Waals surface area contributed by atoms with Crippen molar-refractivity contribution in [1.82, 2.24) is 20.6 Å². The molecule has 7 nitrogen and oxygen atoms in total. The lowest BCUT2D eigenvalue weighted by Crippen LogP contribution is -2.58. The fraction of sp³-hybridized carbons (Fsp3) is 0.760. The average molecular weight is 443 g/mol. The molecule has 0 radical (unpaired) electrons. The Morgan fingerprint density at radius 3 is 2.44 bits per heavy atom. The number of nitrogens with zero attached hydrogens (tertiary/aromatic N) is 2. The molecule has 3 saturated carbocycles. The van der Waals surface area contributed by atoms with Crippen LogP contribution in [0.25, 0.3) is 0 Å². The molecule has 32 heavy (non-hydrogen) atoms. The molecule has 3 fully saturated rings. The Bertz CT molecular complexity index is 813. The SMILES string of the molecule is C[C@@H]1[C@@H]2[C@@H](O)[C@H]([C@H](C)C(=O)NC3CCCC3)CC[C@]2(C)CC[C@@H]1NC(=O)c1cncnc1. The zero-order valence-electron chi connectivity index (χ0n) is 19.6. The number of rotatable bonds is 5. The third-order valence-corrected chi connectivity index (χ3v) is 8.78. The Hall–Kier alpha value is -2.02. The normalized spacial score (nSPS) is 36.2. The number of aliphatic hydroxyl groups is 1. The van der Waals surface area contributed by atoms with Gasteiger partial charge in [0.15, 0.2) is 0 Å². The number of aromatic nitrogens is 2. The minimum absolute atomic E-state index is 0.0168. The zero-order valence-corrected chi connectivity index (χ0v) is 19.6. The van der Waals surface area contributed by atoms with E-state index in [1.165, 1.54) is 31.6 Å². The summed E-state index contributed by atoms with van der Waals surface area (Å²) >= 11 is 0. The number of hydrogen-bond donors (Lipinski definition) is 3. The Morgan fingerprint density at radius 1 is 1.09 bits per heavy atom. The van der Waals surface area contributed by atoms with E-state index >= 15 is 0 Å². The van der Waals surface area contributed by atoms with Crippen LogP contribution in [0.1, 0.15) is 82.5 Å². The average Bonchev–Trinajstić information content (AvgIpc) is 3.29. The van der Waals surface area contributed by atoms with E-state index in [9.17, 15) is 14.7 Å². The highest BCUT2D eigenvalue weighted by molar-refractivity contribution is 5.93. The first-order chi connectivity index (χ1) is 15.3. The smallest absolute Gasteiger partial charge is 0.254 e. The number of amides is 2. The molecule has 0 aromatic carbocycles. The van der Waals surface area contributed by atoms with Crippen molar-refractivity contribution in [2.24, 2.45) is 29.1 Å². The standard InChI is InChI=1S/C25H38N4O3/c1-15(23(31)28-18-6-4-5-7-18)19-8-10-25(3)11-9-20(16(2)21(25)22(19)30)29-24(32)17-12-26-14-27-13-17/h12-16,18-22,30H,4-11H2,1-3H3,(H,28,31)(H,29,32)/t15-,16-,19-,20-,21+,22-,25+/m0/s1. The molecule has 0 spiro atoms. The molecule has 1 heterocycles. The maximum absolute atomic E-state index is 12.9. The Balaban J connectivity index is 1.44. The maximum Gasteiger partial charge on any atom is 0.254 e. The summed E-state index contributed by atoms with van der Waals surface area (Å²) in [7, 11) is 0. The summed E-state index contributed by atoms with van der Waals surface area (Å²) in [5.41, 5.74) is 0.487. The minimum atomic E-state index is -0.548. The molecule has 0 bridgehead atoms. The second kappa shape index (κ2) is 9.46. The highest BCUT2D eigenvalue weighted by Gasteiger charge is 2.54. The summed E-state index contributed by atoms with van der Waals surface area (Å²) in [6.45, 7) is 6.40. The molecule has 7 heteroatoms. The van der Waals surface area contributed by atoms with Gasteiger partial charge in [0.2, 0.25) is 5.91 Å². The van der Waals surface area contributed by atoms with Crippen molar-refractivity contribution in [2.45, 2.75) is 90.3 Å². The summed E-state index contributed by atoms with van der Waals surface area (Å²) in [4.78, 5) is 33.5. The highest BCUT2D eigenvalue weighted by atomic mass is 16.3. The molecular weight excluding hydrogens is 404 g/mol. The minimum Gasteiger partial charge on any atom is -0.392 e. The van der Waals surface area contributed by atoms with Crippen LogP contribution in [0.4, 0.5) is 0 Å². The molecular formula is C25H38N4O3. The number of aliphatic hydroxyl groups excluding tert-OH is 1. The molecule has 1 aromatic rings. The van der Waals surface area contributed by atoms with Crippen molar-refractivity contribution in [1.29, 1.82) is 0 Å². The second-order valence-corrected chi connectivity index (χ2v) is 10.8. The van der Waals surface area contributed by atoms with Crippen molar-refractivity contribution in [3.63, 3.8) is 0 Å². The lowest BCUT2D eigenvalue weighted by molar-refractivity contribution is -0.142. The van der Waals surface area contributed by atoms with Gasteiger partial charge in [0.05, 0.1) is 11.7 Å². The molecule has 0 unspecified atom stereocenters.